The minimum absolute atomic E-state index is 0.0478. The Morgan fingerprint density at radius 1 is 1.53 bits per heavy atom. The van der Waals surface area contributed by atoms with Crippen LogP contribution in [-0.4, -0.2) is 17.0 Å². The molecule has 0 saturated heterocycles. The van der Waals surface area contributed by atoms with Crippen molar-refractivity contribution in [2.45, 2.75) is 6.61 Å². The lowest BCUT2D eigenvalue weighted by Crippen LogP contribution is -1.95. The minimum atomic E-state index is -0.471. The molecule has 1 aromatic heterocycles. The lowest BCUT2D eigenvalue weighted by molar-refractivity contribution is -0.383. The van der Waals surface area contributed by atoms with Gasteiger partial charge >= 0.3 is 0 Å². The maximum Gasteiger partial charge on any atom is 0.295 e. The number of hydrogen-bond acceptors (Lipinski definition) is 4. The van der Waals surface area contributed by atoms with Crippen LogP contribution in [0.4, 0.5) is 5.69 Å². The van der Waals surface area contributed by atoms with Gasteiger partial charge in [0.25, 0.3) is 5.69 Å². The molecule has 0 fully saturated rings. The number of fused-ring (bicyclic) bond motifs is 1. The molecule has 0 N–H and O–H groups in total. The fourth-order valence-electron chi connectivity index (χ4n) is 1.62. The van der Waals surface area contributed by atoms with Gasteiger partial charge in [-0.15, -0.1) is 0 Å². The Morgan fingerprint density at radius 3 is 2.94 bits per heavy atom. The molecule has 0 aliphatic heterocycles. The molecule has 0 aliphatic rings. The number of aromatic nitrogens is 1. The number of benzene rings is 1. The number of para-hydroxylation sites is 1. The average molecular weight is 253 g/mol. The molecule has 0 unspecified atom stereocenters. The second kappa shape index (κ2) is 4.65. The van der Waals surface area contributed by atoms with Gasteiger partial charge < -0.3 is 4.74 Å². The summed E-state index contributed by atoms with van der Waals surface area (Å²) in [5.74, 6) is 0. The summed E-state index contributed by atoms with van der Waals surface area (Å²) in [5.41, 5.74) is 0.956. The Balaban J connectivity index is 2.71. The van der Waals surface area contributed by atoms with E-state index in [1.807, 2.05) is 0 Å². The third-order valence-electron chi connectivity index (χ3n) is 2.38. The van der Waals surface area contributed by atoms with Crippen LogP contribution in [0, 0.1) is 10.1 Å². The van der Waals surface area contributed by atoms with E-state index >= 15 is 0 Å². The van der Waals surface area contributed by atoms with Gasteiger partial charge in [0.15, 0.2) is 0 Å². The fraction of sp³-hybridized carbons (Fsp3) is 0.182. The first-order chi connectivity index (χ1) is 8.15. The molecule has 0 spiro atoms. The largest absolute Gasteiger partial charge is 0.380 e. The zero-order chi connectivity index (χ0) is 12.4. The molecular formula is C11H9ClN2O3. The maximum absolute atomic E-state index is 10.8. The average Bonchev–Trinajstić information content (AvgIpc) is 2.32. The summed E-state index contributed by atoms with van der Waals surface area (Å²) in [4.78, 5) is 14.4. The second-order valence-electron chi connectivity index (χ2n) is 3.46. The minimum Gasteiger partial charge on any atom is -0.380 e. The van der Waals surface area contributed by atoms with E-state index in [9.17, 15) is 10.1 Å². The molecule has 0 atom stereocenters. The van der Waals surface area contributed by atoms with E-state index in [1.54, 1.807) is 19.2 Å². The van der Waals surface area contributed by atoms with Crippen molar-refractivity contribution in [1.29, 1.82) is 0 Å². The molecule has 88 valence electrons. The molecule has 0 saturated carbocycles. The summed E-state index contributed by atoms with van der Waals surface area (Å²) >= 11 is 6.15. The van der Waals surface area contributed by atoms with Crippen molar-refractivity contribution in [1.82, 2.24) is 4.98 Å². The van der Waals surface area contributed by atoms with Gasteiger partial charge in [-0.3, -0.25) is 10.1 Å². The van der Waals surface area contributed by atoms with Gasteiger partial charge in [-0.25, -0.2) is 4.98 Å². The zero-order valence-corrected chi connectivity index (χ0v) is 9.77. The molecule has 6 heteroatoms. The summed E-state index contributed by atoms with van der Waals surface area (Å²) in [7, 11) is 1.55. The number of methoxy groups -OCH3 is 1. The predicted molar refractivity (Wildman–Crippen MR) is 64.1 cm³/mol. The van der Waals surface area contributed by atoms with Crippen LogP contribution in [-0.2, 0) is 11.3 Å². The standard InChI is InChI=1S/C11H9ClN2O3/c1-17-6-7-5-13-11-8(10(7)12)3-2-4-9(11)14(15)16/h2-5H,6H2,1H3. The Labute approximate surface area is 102 Å². The topological polar surface area (TPSA) is 65.3 Å². The molecule has 0 radical (unpaired) electrons. The van der Waals surface area contributed by atoms with Crippen molar-refractivity contribution >= 4 is 28.2 Å². The number of pyridine rings is 1. The second-order valence-corrected chi connectivity index (χ2v) is 3.84. The summed E-state index contributed by atoms with van der Waals surface area (Å²) in [6, 6.07) is 4.70. The highest BCUT2D eigenvalue weighted by atomic mass is 35.5. The fourth-order valence-corrected chi connectivity index (χ4v) is 1.88. The van der Waals surface area contributed by atoms with Crippen molar-refractivity contribution < 1.29 is 9.66 Å². The van der Waals surface area contributed by atoms with Gasteiger partial charge in [0, 0.05) is 30.3 Å². The predicted octanol–water partition coefficient (Wildman–Crippen LogP) is 2.94. The summed E-state index contributed by atoms with van der Waals surface area (Å²) in [5, 5.41) is 11.8. The number of rotatable bonds is 3. The highest BCUT2D eigenvalue weighted by molar-refractivity contribution is 6.36. The van der Waals surface area contributed by atoms with Crippen molar-refractivity contribution in [3.63, 3.8) is 0 Å². The lowest BCUT2D eigenvalue weighted by Gasteiger charge is -2.06. The molecule has 17 heavy (non-hydrogen) atoms. The van der Waals surface area contributed by atoms with Crippen molar-refractivity contribution in [2.75, 3.05) is 7.11 Å². The number of nitro benzene ring substituents is 1. The van der Waals surface area contributed by atoms with Gasteiger partial charge in [0.2, 0.25) is 0 Å². The molecule has 0 amide bonds. The first kappa shape index (κ1) is 11.8. The highest BCUT2D eigenvalue weighted by Crippen LogP contribution is 2.31. The quantitative estimate of drug-likeness (QED) is 0.622. The Hall–Kier alpha value is -1.72. The Bertz CT molecular complexity index is 586. The Kier molecular flexibility index (Phi) is 3.21. The Morgan fingerprint density at radius 2 is 2.29 bits per heavy atom. The number of ether oxygens (including phenoxy) is 1. The van der Waals surface area contributed by atoms with Crippen LogP contribution in [0.1, 0.15) is 5.56 Å². The van der Waals surface area contributed by atoms with Crippen molar-refractivity contribution in [3.8, 4) is 0 Å². The monoisotopic (exact) mass is 252 g/mol. The van der Waals surface area contributed by atoms with Crippen molar-refractivity contribution in [3.05, 3.63) is 45.1 Å². The van der Waals surface area contributed by atoms with E-state index < -0.39 is 4.92 Å². The molecule has 1 aromatic carbocycles. The SMILES string of the molecule is COCc1cnc2c([N+](=O)[O-])cccc2c1Cl. The molecular weight excluding hydrogens is 244 g/mol. The maximum atomic E-state index is 10.8. The van der Waals surface area contributed by atoms with Crippen LogP contribution in [0.2, 0.25) is 5.02 Å². The van der Waals surface area contributed by atoms with E-state index in [1.165, 1.54) is 12.3 Å². The van der Waals surface area contributed by atoms with Gasteiger partial charge in [-0.1, -0.05) is 23.7 Å². The normalized spacial score (nSPS) is 10.7. The summed E-state index contributed by atoms with van der Waals surface area (Å²) in [6.07, 6.45) is 1.50. The van der Waals surface area contributed by atoms with Crippen LogP contribution in [0.25, 0.3) is 10.9 Å². The summed E-state index contributed by atoms with van der Waals surface area (Å²) in [6.45, 7) is 0.324. The van der Waals surface area contributed by atoms with E-state index in [-0.39, 0.29) is 5.69 Å². The van der Waals surface area contributed by atoms with Crippen LogP contribution < -0.4 is 0 Å². The number of nitrogens with zero attached hydrogens (tertiary/aromatic N) is 2. The van der Waals surface area contributed by atoms with Crippen LogP contribution in [0.15, 0.2) is 24.4 Å². The summed E-state index contributed by atoms with van der Waals surface area (Å²) < 4.78 is 4.98. The molecule has 0 bridgehead atoms. The van der Waals surface area contributed by atoms with Crippen molar-refractivity contribution in [2.24, 2.45) is 0 Å². The molecule has 5 nitrogen and oxygen atoms in total. The highest BCUT2D eigenvalue weighted by Gasteiger charge is 2.15. The number of hydrogen-bond donors (Lipinski definition) is 0. The first-order valence-electron chi connectivity index (χ1n) is 4.84. The first-order valence-corrected chi connectivity index (χ1v) is 5.22. The van der Waals surface area contributed by atoms with Crippen LogP contribution >= 0.6 is 11.6 Å². The van der Waals surface area contributed by atoms with E-state index in [0.29, 0.717) is 28.1 Å². The molecule has 2 aromatic rings. The van der Waals surface area contributed by atoms with Gasteiger partial charge in [0.1, 0.15) is 5.52 Å². The molecule has 1 heterocycles. The lowest BCUT2D eigenvalue weighted by atomic mass is 10.1. The van der Waals surface area contributed by atoms with Gasteiger partial charge in [0.05, 0.1) is 16.6 Å². The van der Waals surface area contributed by atoms with Crippen LogP contribution in [0.5, 0.6) is 0 Å². The molecule has 0 aliphatic carbocycles. The van der Waals surface area contributed by atoms with E-state index in [2.05, 4.69) is 4.98 Å². The van der Waals surface area contributed by atoms with E-state index in [4.69, 9.17) is 16.3 Å². The third-order valence-corrected chi connectivity index (χ3v) is 2.83. The van der Waals surface area contributed by atoms with E-state index in [0.717, 1.165) is 0 Å². The number of non-ortho nitro benzene ring substituents is 1. The molecule has 2 rings (SSSR count). The number of halogens is 1. The van der Waals surface area contributed by atoms with Gasteiger partial charge in [-0.05, 0) is 0 Å². The van der Waals surface area contributed by atoms with Gasteiger partial charge in [-0.2, -0.15) is 0 Å². The number of nitro groups is 1. The smallest absolute Gasteiger partial charge is 0.295 e. The third kappa shape index (κ3) is 2.07. The zero-order valence-electron chi connectivity index (χ0n) is 9.01. The van der Waals surface area contributed by atoms with Crippen LogP contribution in [0.3, 0.4) is 0 Å².